The third-order valence-corrected chi connectivity index (χ3v) is 4.96. The first-order valence-electron chi connectivity index (χ1n) is 9.41. The molecule has 0 unspecified atom stereocenters. The molecule has 0 radical (unpaired) electrons. The van der Waals surface area contributed by atoms with E-state index in [1.807, 2.05) is 24.3 Å². The third kappa shape index (κ3) is 4.54. The van der Waals surface area contributed by atoms with E-state index >= 15 is 0 Å². The maximum Gasteiger partial charge on any atom is 0.226 e. The van der Waals surface area contributed by atoms with Gasteiger partial charge in [-0.3, -0.25) is 0 Å². The average molecular weight is 368 g/mol. The predicted molar refractivity (Wildman–Crippen MR) is 99.5 cm³/mol. The van der Waals surface area contributed by atoms with E-state index in [-0.39, 0.29) is 0 Å². The van der Waals surface area contributed by atoms with E-state index in [2.05, 4.69) is 20.4 Å². The summed E-state index contributed by atoms with van der Waals surface area (Å²) in [5, 5.41) is 7.47. The van der Waals surface area contributed by atoms with Crippen LogP contribution in [0.15, 0.2) is 39.5 Å². The lowest BCUT2D eigenvalue weighted by Gasteiger charge is -2.21. The van der Waals surface area contributed by atoms with Crippen molar-refractivity contribution in [3.63, 3.8) is 0 Å². The molecule has 0 spiro atoms. The molecule has 1 fully saturated rings. The lowest BCUT2D eigenvalue weighted by molar-refractivity contribution is 0.323. The smallest absolute Gasteiger partial charge is 0.226 e. The second-order valence-electron chi connectivity index (χ2n) is 6.89. The minimum Gasteiger partial charge on any atom is -0.497 e. The molecule has 0 bridgehead atoms. The van der Waals surface area contributed by atoms with Gasteiger partial charge in [0.05, 0.1) is 19.2 Å². The second-order valence-corrected chi connectivity index (χ2v) is 6.89. The highest BCUT2D eigenvalue weighted by Gasteiger charge is 2.16. The van der Waals surface area contributed by atoms with Gasteiger partial charge in [-0.1, -0.05) is 5.16 Å². The van der Waals surface area contributed by atoms with E-state index in [0.29, 0.717) is 24.0 Å². The number of hydrogen-bond donors (Lipinski definition) is 1. The number of nitrogens with zero attached hydrogens (tertiary/aromatic N) is 3. The molecule has 7 nitrogen and oxygen atoms in total. The fourth-order valence-electron chi connectivity index (χ4n) is 3.38. The molecule has 142 valence electrons. The molecule has 2 aromatic heterocycles. The van der Waals surface area contributed by atoms with Crippen LogP contribution >= 0.6 is 0 Å². The van der Waals surface area contributed by atoms with Crippen molar-refractivity contribution >= 4 is 0 Å². The summed E-state index contributed by atoms with van der Waals surface area (Å²) in [6, 6.07) is 7.60. The highest BCUT2D eigenvalue weighted by Crippen LogP contribution is 2.23. The van der Waals surface area contributed by atoms with Gasteiger partial charge in [0.25, 0.3) is 0 Å². The number of oxazole rings is 1. The van der Waals surface area contributed by atoms with Gasteiger partial charge in [0.15, 0.2) is 5.82 Å². The molecular weight excluding hydrogens is 344 g/mol. The quantitative estimate of drug-likeness (QED) is 0.685. The number of aryl methyl sites for hydroxylation is 1. The Labute approximate surface area is 158 Å². The number of nitrogens with one attached hydrogen (secondary N) is 1. The Morgan fingerprint density at radius 1 is 1.15 bits per heavy atom. The van der Waals surface area contributed by atoms with Crippen LogP contribution in [-0.4, -0.2) is 35.3 Å². The number of hydrogen-bond acceptors (Lipinski definition) is 7. The van der Waals surface area contributed by atoms with Crippen molar-refractivity contribution in [2.24, 2.45) is 5.92 Å². The van der Waals surface area contributed by atoms with Gasteiger partial charge in [-0.2, -0.15) is 4.98 Å². The van der Waals surface area contributed by atoms with Crippen LogP contribution in [0.2, 0.25) is 0 Å². The van der Waals surface area contributed by atoms with E-state index in [1.165, 1.54) is 12.8 Å². The van der Waals surface area contributed by atoms with Gasteiger partial charge in [-0.05, 0) is 62.5 Å². The summed E-state index contributed by atoms with van der Waals surface area (Å²) in [6.45, 7) is 2.23. The Kier molecular flexibility index (Phi) is 5.48. The van der Waals surface area contributed by atoms with Gasteiger partial charge in [-0.15, -0.1) is 0 Å². The summed E-state index contributed by atoms with van der Waals surface area (Å²) in [6.07, 6.45) is 6.55. The molecule has 7 heteroatoms. The highest BCUT2D eigenvalue weighted by molar-refractivity contribution is 5.54. The largest absolute Gasteiger partial charge is 0.497 e. The van der Waals surface area contributed by atoms with Crippen molar-refractivity contribution in [1.29, 1.82) is 0 Å². The molecule has 0 amide bonds. The van der Waals surface area contributed by atoms with Crippen molar-refractivity contribution in [3.8, 4) is 17.2 Å². The van der Waals surface area contributed by atoms with Crippen molar-refractivity contribution in [2.75, 3.05) is 20.2 Å². The van der Waals surface area contributed by atoms with Gasteiger partial charge in [0, 0.05) is 12.0 Å². The van der Waals surface area contributed by atoms with Crippen LogP contribution in [0.5, 0.6) is 5.75 Å². The lowest BCUT2D eigenvalue weighted by Crippen LogP contribution is -2.27. The fourth-order valence-corrected chi connectivity index (χ4v) is 3.38. The standard InChI is InChI=1S/C20H24N4O3/c1-25-17-5-3-15(4-6-17)20-22-16(13-26-20)12-18-23-19(27-24-18)7-2-14-8-10-21-11-9-14/h3-6,13-14,21H,2,7-12H2,1H3. The van der Waals surface area contributed by atoms with Gasteiger partial charge in [0.1, 0.15) is 12.0 Å². The molecule has 1 aromatic carbocycles. The molecular formula is C20H24N4O3. The van der Waals surface area contributed by atoms with Gasteiger partial charge >= 0.3 is 0 Å². The van der Waals surface area contributed by atoms with Gasteiger partial charge in [-0.25, -0.2) is 4.98 Å². The topological polar surface area (TPSA) is 86.2 Å². The molecule has 1 N–H and O–H groups in total. The molecule has 3 aromatic rings. The summed E-state index contributed by atoms with van der Waals surface area (Å²) in [4.78, 5) is 9.03. The Morgan fingerprint density at radius 2 is 1.96 bits per heavy atom. The van der Waals surface area contributed by atoms with E-state index in [9.17, 15) is 0 Å². The van der Waals surface area contributed by atoms with E-state index in [0.717, 1.165) is 48.9 Å². The minimum absolute atomic E-state index is 0.497. The van der Waals surface area contributed by atoms with Crippen molar-refractivity contribution < 1.29 is 13.7 Å². The van der Waals surface area contributed by atoms with Crippen LogP contribution in [0.1, 0.15) is 36.7 Å². The predicted octanol–water partition coefficient (Wildman–Crippen LogP) is 3.26. The SMILES string of the molecule is COc1ccc(-c2nc(Cc3noc(CCC4CCNCC4)n3)co2)cc1. The summed E-state index contributed by atoms with van der Waals surface area (Å²) in [5.74, 6) is 3.48. The Hall–Kier alpha value is -2.67. The minimum atomic E-state index is 0.497. The zero-order valence-electron chi connectivity index (χ0n) is 15.5. The molecule has 0 atom stereocenters. The van der Waals surface area contributed by atoms with Crippen LogP contribution in [0.4, 0.5) is 0 Å². The summed E-state index contributed by atoms with van der Waals surface area (Å²) in [5.41, 5.74) is 1.68. The number of benzene rings is 1. The molecule has 1 aliphatic rings. The van der Waals surface area contributed by atoms with Crippen molar-refractivity contribution in [1.82, 2.24) is 20.4 Å². The first-order chi connectivity index (χ1) is 13.3. The normalized spacial score (nSPS) is 15.1. The monoisotopic (exact) mass is 368 g/mol. The average Bonchev–Trinajstić information content (AvgIpc) is 3.37. The second kappa shape index (κ2) is 8.35. The van der Waals surface area contributed by atoms with E-state index in [4.69, 9.17) is 13.7 Å². The van der Waals surface area contributed by atoms with Crippen LogP contribution < -0.4 is 10.1 Å². The first kappa shape index (κ1) is 17.7. The van der Waals surface area contributed by atoms with Crippen molar-refractivity contribution in [3.05, 3.63) is 47.9 Å². The van der Waals surface area contributed by atoms with Crippen LogP contribution in [0.25, 0.3) is 11.5 Å². The molecule has 4 rings (SSSR count). The van der Waals surface area contributed by atoms with Gasteiger partial charge in [0.2, 0.25) is 11.8 Å². The number of ether oxygens (including phenoxy) is 1. The van der Waals surface area contributed by atoms with Crippen molar-refractivity contribution in [2.45, 2.75) is 32.1 Å². The van der Waals surface area contributed by atoms with Gasteiger partial charge < -0.3 is 19.0 Å². The molecule has 1 saturated heterocycles. The molecule has 0 saturated carbocycles. The maximum absolute atomic E-state index is 5.59. The Balaban J connectivity index is 1.34. The summed E-state index contributed by atoms with van der Waals surface area (Å²) >= 11 is 0. The zero-order valence-corrected chi connectivity index (χ0v) is 15.5. The summed E-state index contributed by atoms with van der Waals surface area (Å²) in [7, 11) is 1.64. The lowest BCUT2D eigenvalue weighted by atomic mass is 9.93. The van der Waals surface area contributed by atoms with E-state index in [1.54, 1.807) is 13.4 Å². The van der Waals surface area contributed by atoms with Crippen LogP contribution in [0, 0.1) is 5.92 Å². The number of piperidine rings is 1. The Bertz CT molecular complexity index is 850. The molecule has 0 aliphatic carbocycles. The number of rotatable bonds is 7. The maximum atomic E-state index is 5.59. The molecule has 3 heterocycles. The third-order valence-electron chi connectivity index (χ3n) is 4.96. The zero-order chi connectivity index (χ0) is 18.5. The number of methoxy groups -OCH3 is 1. The van der Waals surface area contributed by atoms with Crippen LogP contribution in [0.3, 0.4) is 0 Å². The summed E-state index contributed by atoms with van der Waals surface area (Å²) < 4.78 is 16.2. The van der Waals surface area contributed by atoms with E-state index < -0.39 is 0 Å². The highest BCUT2D eigenvalue weighted by atomic mass is 16.5. The number of aromatic nitrogens is 3. The first-order valence-corrected chi connectivity index (χ1v) is 9.41. The van der Waals surface area contributed by atoms with Crippen LogP contribution in [-0.2, 0) is 12.8 Å². The Morgan fingerprint density at radius 3 is 2.74 bits per heavy atom. The molecule has 1 aliphatic heterocycles. The fraction of sp³-hybridized carbons (Fsp3) is 0.450. The molecule has 27 heavy (non-hydrogen) atoms.